The average molecular weight is 583 g/mol. The van der Waals surface area contributed by atoms with Gasteiger partial charge in [0.2, 0.25) is 17.6 Å². The van der Waals surface area contributed by atoms with Crippen LogP contribution in [0.3, 0.4) is 0 Å². The van der Waals surface area contributed by atoms with E-state index in [1.165, 1.54) is 28.2 Å². The van der Waals surface area contributed by atoms with Crippen molar-refractivity contribution in [2.45, 2.75) is 26.9 Å². The summed E-state index contributed by atoms with van der Waals surface area (Å²) in [6.07, 6.45) is 0. The molecule has 0 aliphatic carbocycles. The average Bonchev–Trinajstić information content (AvgIpc) is 3.53. The van der Waals surface area contributed by atoms with Crippen LogP contribution < -0.4 is 10.6 Å². The molecule has 13 heteroatoms. The second kappa shape index (κ2) is 14.8. The highest BCUT2D eigenvalue weighted by atomic mass is 35.5. The van der Waals surface area contributed by atoms with E-state index in [1.54, 1.807) is 25.0 Å². The van der Waals surface area contributed by atoms with Gasteiger partial charge in [0.05, 0.1) is 12.2 Å². The SMILES string of the molecule is CCNCCN(CC(=O)N(C)N1Cc2ccccc2C1)C(=O)CNc1cc(-c2noc(C)n2)ccc1F.Cl.Cl. The van der Waals surface area contributed by atoms with Gasteiger partial charge in [-0.15, -0.1) is 24.8 Å². The number of carbonyl (C=O) groups is 2. The number of rotatable bonds is 11. The van der Waals surface area contributed by atoms with Crippen LogP contribution in [0.5, 0.6) is 0 Å². The standard InChI is InChI=1S/C26H32FN7O3.2ClH/c1-4-28-11-12-33(17-25(36)32(3)34-15-20-7-5-6-8-21(20)16-34)24(35)14-29-23-13-19(9-10-22(23)27)26-30-18(2)37-31-26;;/h5-10,13,28-29H,4,11-12,14-17H2,1-3H3;2*1H. The Balaban J connectivity index is 0.00000267. The molecule has 4 rings (SSSR count). The molecule has 0 saturated carbocycles. The number of aryl methyl sites for hydroxylation is 1. The lowest BCUT2D eigenvalue weighted by Gasteiger charge is -2.31. The summed E-state index contributed by atoms with van der Waals surface area (Å²) in [7, 11) is 1.72. The summed E-state index contributed by atoms with van der Waals surface area (Å²) >= 11 is 0. The van der Waals surface area contributed by atoms with E-state index < -0.39 is 5.82 Å². The third-order valence-corrected chi connectivity index (χ3v) is 6.28. The van der Waals surface area contributed by atoms with E-state index in [2.05, 4.69) is 32.9 Å². The molecule has 0 fully saturated rings. The Morgan fingerprint density at radius 1 is 1.10 bits per heavy atom. The lowest BCUT2D eigenvalue weighted by molar-refractivity contribution is -0.151. The van der Waals surface area contributed by atoms with Crippen molar-refractivity contribution in [2.75, 3.05) is 45.1 Å². The van der Waals surface area contributed by atoms with Crippen LogP contribution in [0.2, 0.25) is 0 Å². The molecular formula is C26H34Cl2FN7O3. The lowest BCUT2D eigenvalue weighted by Crippen LogP contribution is -2.49. The molecular weight excluding hydrogens is 548 g/mol. The number of carbonyl (C=O) groups excluding carboxylic acids is 2. The molecule has 1 aliphatic heterocycles. The zero-order valence-corrected chi connectivity index (χ0v) is 23.8. The molecule has 0 spiro atoms. The maximum absolute atomic E-state index is 14.5. The van der Waals surface area contributed by atoms with Gasteiger partial charge < -0.3 is 20.1 Å². The molecule has 0 bridgehead atoms. The first-order chi connectivity index (χ1) is 17.9. The highest BCUT2D eigenvalue weighted by Gasteiger charge is 2.27. The number of anilines is 1. The number of benzene rings is 2. The summed E-state index contributed by atoms with van der Waals surface area (Å²) in [5.74, 6) is -0.298. The molecule has 3 aromatic rings. The van der Waals surface area contributed by atoms with Gasteiger partial charge in [0.15, 0.2) is 0 Å². The van der Waals surface area contributed by atoms with Gasteiger partial charge in [-0.3, -0.25) is 14.6 Å². The summed E-state index contributed by atoms with van der Waals surface area (Å²) in [5.41, 5.74) is 3.07. The Kier molecular flexibility index (Phi) is 12.1. The van der Waals surface area contributed by atoms with Crippen molar-refractivity contribution in [1.82, 2.24) is 30.4 Å². The van der Waals surface area contributed by atoms with Gasteiger partial charge >= 0.3 is 0 Å². The van der Waals surface area contributed by atoms with Crippen LogP contribution in [0.15, 0.2) is 47.0 Å². The van der Waals surface area contributed by atoms with Crippen LogP contribution in [0.1, 0.15) is 23.9 Å². The van der Waals surface area contributed by atoms with E-state index in [9.17, 15) is 14.0 Å². The smallest absolute Gasteiger partial charge is 0.256 e. The van der Waals surface area contributed by atoms with Gasteiger partial charge in [0.1, 0.15) is 12.4 Å². The third kappa shape index (κ3) is 8.12. The first kappa shape index (κ1) is 32.0. The topological polar surface area (TPSA) is 107 Å². The molecule has 2 aromatic carbocycles. The van der Waals surface area contributed by atoms with Crippen molar-refractivity contribution in [3.8, 4) is 11.4 Å². The van der Waals surface area contributed by atoms with Crippen molar-refractivity contribution < 1.29 is 18.5 Å². The number of nitrogens with one attached hydrogen (secondary N) is 2. The molecule has 0 saturated heterocycles. The first-order valence-electron chi connectivity index (χ1n) is 12.3. The maximum Gasteiger partial charge on any atom is 0.256 e. The fraction of sp³-hybridized carbons (Fsp3) is 0.385. The largest absolute Gasteiger partial charge is 0.374 e. The van der Waals surface area contributed by atoms with Crippen molar-refractivity contribution in [3.63, 3.8) is 0 Å². The fourth-order valence-electron chi connectivity index (χ4n) is 4.13. The summed E-state index contributed by atoms with van der Waals surface area (Å²) in [5, 5.41) is 13.4. The summed E-state index contributed by atoms with van der Waals surface area (Å²) in [6, 6.07) is 12.4. The molecule has 0 unspecified atom stereocenters. The van der Waals surface area contributed by atoms with E-state index in [-0.39, 0.29) is 55.4 Å². The molecule has 2 heterocycles. The van der Waals surface area contributed by atoms with Crippen molar-refractivity contribution in [1.29, 1.82) is 0 Å². The quantitative estimate of drug-likeness (QED) is 0.332. The molecule has 212 valence electrons. The Hall–Kier alpha value is -3.25. The second-order valence-corrected chi connectivity index (χ2v) is 8.86. The van der Waals surface area contributed by atoms with E-state index >= 15 is 0 Å². The molecule has 10 nitrogen and oxygen atoms in total. The van der Waals surface area contributed by atoms with Crippen LogP contribution >= 0.6 is 24.8 Å². The van der Waals surface area contributed by atoms with E-state index in [4.69, 9.17) is 4.52 Å². The van der Waals surface area contributed by atoms with Crippen LogP contribution in [-0.2, 0) is 22.7 Å². The molecule has 39 heavy (non-hydrogen) atoms. The molecule has 2 N–H and O–H groups in total. The van der Waals surface area contributed by atoms with Gasteiger partial charge in [0, 0.05) is 45.7 Å². The number of halogens is 3. The number of aromatic nitrogens is 2. The molecule has 1 aromatic heterocycles. The maximum atomic E-state index is 14.5. The minimum absolute atomic E-state index is 0. The zero-order valence-electron chi connectivity index (χ0n) is 22.1. The van der Waals surface area contributed by atoms with Crippen molar-refractivity contribution >= 4 is 42.3 Å². The lowest BCUT2D eigenvalue weighted by atomic mass is 10.1. The number of amides is 2. The van der Waals surface area contributed by atoms with Gasteiger partial charge in [0.25, 0.3) is 5.91 Å². The number of likely N-dealkylation sites (N-methyl/N-ethyl adjacent to an activating group) is 2. The minimum atomic E-state index is -0.514. The Morgan fingerprint density at radius 3 is 2.41 bits per heavy atom. The molecule has 1 aliphatic rings. The minimum Gasteiger partial charge on any atom is -0.374 e. The molecule has 0 radical (unpaired) electrons. The third-order valence-electron chi connectivity index (χ3n) is 6.28. The number of hydrogen-bond donors (Lipinski definition) is 2. The highest BCUT2D eigenvalue weighted by Crippen LogP contribution is 2.24. The van der Waals surface area contributed by atoms with Crippen molar-refractivity contribution in [2.24, 2.45) is 0 Å². The Morgan fingerprint density at radius 2 is 1.79 bits per heavy atom. The number of hydrogen-bond acceptors (Lipinski definition) is 8. The summed E-state index contributed by atoms with van der Waals surface area (Å²) in [4.78, 5) is 31.9. The van der Waals surface area contributed by atoms with Crippen LogP contribution in [0.25, 0.3) is 11.4 Å². The van der Waals surface area contributed by atoms with Gasteiger partial charge in [-0.25, -0.2) is 9.40 Å². The fourth-order valence-corrected chi connectivity index (χ4v) is 4.13. The van der Waals surface area contributed by atoms with Gasteiger partial charge in [-0.1, -0.05) is 36.3 Å². The Labute approximate surface area is 239 Å². The van der Waals surface area contributed by atoms with Crippen LogP contribution in [0, 0.1) is 12.7 Å². The first-order valence-corrected chi connectivity index (χ1v) is 12.3. The number of hydrazine groups is 1. The number of nitrogens with zero attached hydrogens (tertiary/aromatic N) is 5. The van der Waals surface area contributed by atoms with E-state index in [1.807, 2.05) is 24.1 Å². The summed E-state index contributed by atoms with van der Waals surface area (Å²) in [6.45, 7) is 6.28. The monoisotopic (exact) mass is 581 g/mol. The second-order valence-electron chi connectivity index (χ2n) is 8.86. The van der Waals surface area contributed by atoms with E-state index in [0.717, 1.165) is 6.54 Å². The zero-order chi connectivity index (χ0) is 26.4. The van der Waals surface area contributed by atoms with Crippen LogP contribution in [-0.4, -0.2) is 76.6 Å². The van der Waals surface area contributed by atoms with Crippen LogP contribution in [0.4, 0.5) is 10.1 Å². The van der Waals surface area contributed by atoms with Gasteiger partial charge in [-0.05, 0) is 35.9 Å². The van der Waals surface area contributed by atoms with Gasteiger partial charge in [-0.2, -0.15) is 4.98 Å². The predicted octanol–water partition coefficient (Wildman–Crippen LogP) is 3.27. The van der Waals surface area contributed by atoms with E-state index in [0.29, 0.717) is 43.5 Å². The number of fused-ring (bicyclic) bond motifs is 1. The molecule has 0 atom stereocenters. The highest BCUT2D eigenvalue weighted by molar-refractivity contribution is 5.87. The normalized spacial score (nSPS) is 12.2. The van der Waals surface area contributed by atoms with Crippen molar-refractivity contribution in [3.05, 3.63) is 65.3 Å². The summed E-state index contributed by atoms with van der Waals surface area (Å²) < 4.78 is 19.5. The predicted molar refractivity (Wildman–Crippen MR) is 151 cm³/mol. The Bertz CT molecular complexity index is 1230. The molecule has 2 amide bonds.